The molecule has 0 aromatic heterocycles. The van der Waals surface area contributed by atoms with Crippen LogP contribution in [0.15, 0.2) is 12.1 Å². The number of halogens is 2. The van der Waals surface area contributed by atoms with Crippen LogP contribution >= 0.6 is 0 Å². The molecule has 108 valence electrons. The average molecular weight is 270 g/mol. The third-order valence-electron chi connectivity index (χ3n) is 3.88. The molecule has 1 atom stereocenters. The van der Waals surface area contributed by atoms with Crippen molar-refractivity contribution < 1.29 is 8.78 Å². The number of nitrogens with one attached hydrogen (secondary N) is 1. The molecule has 0 aliphatic heterocycles. The zero-order chi connectivity index (χ0) is 14.8. The zero-order valence-electron chi connectivity index (χ0n) is 12.6. The van der Waals surface area contributed by atoms with E-state index in [-0.39, 0.29) is 11.6 Å². The van der Waals surface area contributed by atoms with Crippen LogP contribution in [-0.2, 0) is 0 Å². The van der Waals surface area contributed by atoms with Gasteiger partial charge in [-0.25, -0.2) is 8.78 Å². The fourth-order valence-corrected chi connectivity index (χ4v) is 2.09. The van der Waals surface area contributed by atoms with E-state index < -0.39 is 11.6 Å². The summed E-state index contributed by atoms with van der Waals surface area (Å²) in [6.07, 6.45) is 0. The van der Waals surface area contributed by atoms with Crippen LogP contribution in [0.25, 0.3) is 0 Å². The minimum absolute atomic E-state index is 0.275. The van der Waals surface area contributed by atoms with Crippen LogP contribution in [-0.4, -0.2) is 31.1 Å². The second-order valence-electron chi connectivity index (χ2n) is 5.64. The van der Waals surface area contributed by atoms with E-state index in [1.54, 1.807) is 19.1 Å². The lowest BCUT2D eigenvalue weighted by molar-refractivity contribution is 0.136. The first-order valence-corrected chi connectivity index (χ1v) is 6.58. The Kier molecular flexibility index (Phi) is 5.04. The van der Waals surface area contributed by atoms with Crippen LogP contribution in [0.2, 0.25) is 0 Å². The van der Waals surface area contributed by atoms with Crippen molar-refractivity contribution in [3.8, 4) is 0 Å². The summed E-state index contributed by atoms with van der Waals surface area (Å²) in [5.41, 5.74) is 0.376. The third kappa shape index (κ3) is 3.12. The molecule has 0 bridgehead atoms. The molecule has 19 heavy (non-hydrogen) atoms. The van der Waals surface area contributed by atoms with E-state index in [2.05, 4.69) is 5.32 Å². The summed E-state index contributed by atoms with van der Waals surface area (Å²) in [6.45, 7) is 8.24. The van der Waals surface area contributed by atoms with Gasteiger partial charge in [0, 0.05) is 11.1 Å². The predicted octanol–water partition coefficient (Wildman–Crippen LogP) is 3.26. The number of aryl methyl sites for hydroxylation is 1. The molecule has 0 radical (unpaired) electrons. The van der Waals surface area contributed by atoms with Gasteiger partial charge in [-0.05, 0) is 47.0 Å². The van der Waals surface area contributed by atoms with Crippen molar-refractivity contribution in [2.75, 3.05) is 20.6 Å². The second-order valence-corrected chi connectivity index (χ2v) is 5.64. The van der Waals surface area contributed by atoms with E-state index >= 15 is 0 Å². The number of benzene rings is 1. The summed E-state index contributed by atoms with van der Waals surface area (Å²) < 4.78 is 28.0. The number of rotatable bonds is 5. The van der Waals surface area contributed by atoms with Crippen LogP contribution in [0.1, 0.15) is 37.9 Å². The lowest BCUT2D eigenvalue weighted by atomic mass is 9.86. The van der Waals surface area contributed by atoms with Gasteiger partial charge in [0.05, 0.1) is 6.04 Å². The van der Waals surface area contributed by atoms with E-state index in [1.807, 2.05) is 39.8 Å². The predicted molar refractivity (Wildman–Crippen MR) is 75.3 cm³/mol. The summed E-state index contributed by atoms with van der Waals surface area (Å²) in [5, 5.41) is 3.26. The number of hydrogen-bond acceptors (Lipinski definition) is 2. The lowest BCUT2D eigenvalue weighted by Gasteiger charge is -2.41. The number of nitrogens with zero attached hydrogens (tertiary/aromatic N) is 1. The van der Waals surface area contributed by atoms with Crippen molar-refractivity contribution in [2.24, 2.45) is 0 Å². The first-order chi connectivity index (χ1) is 8.73. The molecule has 1 rings (SSSR count). The molecule has 2 nitrogen and oxygen atoms in total. The largest absolute Gasteiger partial charge is 0.309 e. The van der Waals surface area contributed by atoms with Crippen molar-refractivity contribution in [3.63, 3.8) is 0 Å². The highest BCUT2D eigenvalue weighted by Gasteiger charge is 2.34. The Hall–Kier alpha value is -1.00. The molecule has 4 heteroatoms. The summed E-state index contributed by atoms with van der Waals surface area (Å²) in [6, 6.07) is 3.03. The topological polar surface area (TPSA) is 15.3 Å². The molecule has 1 aromatic rings. The average Bonchev–Trinajstić information content (AvgIpc) is 2.34. The maximum absolute atomic E-state index is 14.2. The normalized spacial score (nSPS) is 13.9. The van der Waals surface area contributed by atoms with Gasteiger partial charge in [0.2, 0.25) is 0 Å². The van der Waals surface area contributed by atoms with Crippen LogP contribution in [0.5, 0.6) is 0 Å². The summed E-state index contributed by atoms with van der Waals surface area (Å²) >= 11 is 0. The van der Waals surface area contributed by atoms with Gasteiger partial charge >= 0.3 is 0 Å². The summed E-state index contributed by atoms with van der Waals surface area (Å²) in [5.74, 6) is -1.50. The van der Waals surface area contributed by atoms with E-state index in [9.17, 15) is 8.78 Å². The highest BCUT2D eigenvalue weighted by Crippen LogP contribution is 2.32. The Morgan fingerprint density at radius 2 is 1.79 bits per heavy atom. The van der Waals surface area contributed by atoms with Crippen LogP contribution in [0, 0.1) is 18.6 Å². The smallest absolute Gasteiger partial charge is 0.163 e. The van der Waals surface area contributed by atoms with Gasteiger partial charge in [0.1, 0.15) is 0 Å². The minimum Gasteiger partial charge on any atom is -0.309 e. The molecule has 1 unspecified atom stereocenters. The van der Waals surface area contributed by atoms with Gasteiger partial charge in [0.15, 0.2) is 11.6 Å². The first kappa shape index (κ1) is 16.1. The molecule has 0 aliphatic carbocycles. The Bertz CT molecular complexity index is 442. The Labute approximate surface area is 114 Å². The van der Waals surface area contributed by atoms with Crippen LogP contribution < -0.4 is 5.32 Å². The molecule has 1 N–H and O–H groups in total. The lowest BCUT2D eigenvalue weighted by Crippen LogP contribution is -2.49. The minimum atomic E-state index is -0.755. The molecule has 0 amide bonds. The van der Waals surface area contributed by atoms with Gasteiger partial charge in [0.25, 0.3) is 0 Å². The van der Waals surface area contributed by atoms with Crippen molar-refractivity contribution >= 4 is 0 Å². The number of hydrogen-bond donors (Lipinski definition) is 1. The quantitative estimate of drug-likeness (QED) is 0.883. The molecule has 0 fully saturated rings. The van der Waals surface area contributed by atoms with E-state index in [0.29, 0.717) is 17.7 Å². The molecule has 0 heterocycles. The molecule has 0 saturated heterocycles. The van der Waals surface area contributed by atoms with E-state index in [4.69, 9.17) is 0 Å². The zero-order valence-corrected chi connectivity index (χ0v) is 12.6. The van der Waals surface area contributed by atoms with Crippen LogP contribution in [0.3, 0.4) is 0 Å². The highest BCUT2D eigenvalue weighted by atomic mass is 19.2. The molecular formula is C15H24F2N2. The van der Waals surface area contributed by atoms with Crippen molar-refractivity contribution in [2.45, 2.75) is 39.3 Å². The van der Waals surface area contributed by atoms with E-state index in [0.717, 1.165) is 0 Å². The first-order valence-electron chi connectivity index (χ1n) is 6.58. The maximum Gasteiger partial charge on any atom is 0.163 e. The molecular weight excluding hydrogens is 246 g/mol. The van der Waals surface area contributed by atoms with Crippen molar-refractivity contribution in [3.05, 3.63) is 34.9 Å². The number of likely N-dealkylation sites (N-methyl/N-ethyl adjacent to an activating group) is 2. The molecule has 1 aromatic carbocycles. The second kappa shape index (κ2) is 5.97. The van der Waals surface area contributed by atoms with Crippen molar-refractivity contribution in [1.29, 1.82) is 0 Å². The van der Waals surface area contributed by atoms with Gasteiger partial charge in [-0.1, -0.05) is 19.1 Å². The standard InChI is InChI=1S/C15H24F2N2/c1-7-18-14(15(3,4)19(5)6)11-9-8-10(2)12(16)13(11)17/h8-9,14,18H,7H2,1-6H3. The van der Waals surface area contributed by atoms with Gasteiger partial charge in [-0.2, -0.15) is 0 Å². The van der Waals surface area contributed by atoms with E-state index in [1.165, 1.54) is 0 Å². The summed E-state index contributed by atoms with van der Waals surface area (Å²) in [4.78, 5) is 2.01. The Balaban J connectivity index is 3.32. The van der Waals surface area contributed by atoms with Gasteiger partial charge < -0.3 is 10.2 Å². The van der Waals surface area contributed by atoms with Gasteiger partial charge in [-0.15, -0.1) is 0 Å². The fourth-order valence-electron chi connectivity index (χ4n) is 2.09. The SMILES string of the molecule is CCNC(c1ccc(C)c(F)c1F)C(C)(C)N(C)C. The monoisotopic (exact) mass is 270 g/mol. The highest BCUT2D eigenvalue weighted by molar-refractivity contribution is 5.30. The Morgan fingerprint density at radius 3 is 2.26 bits per heavy atom. The Morgan fingerprint density at radius 1 is 1.21 bits per heavy atom. The van der Waals surface area contributed by atoms with Gasteiger partial charge in [-0.3, -0.25) is 0 Å². The molecule has 0 aliphatic rings. The fraction of sp³-hybridized carbons (Fsp3) is 0.600. The molecule has 0 saturated carbocycles. The molecule has 0 spiro atoms. The van der Waals surface area contributed by atoms with Crippen LogP contribution in [0.4, 0.5) is 8.78 Å². The summed E-state index contributed by atoms with van der Waals surface area (Å²) in [7, 11) is 3.87. The van der Waals surface area contributed by atoms with Crippen molar-refractivity contribution in [1.82, 2.24) is 10.2 Å². The third-order valence-corrected chi connectivity index (χ3v) is 3.88. The maximum atomic E-state index is 14.2.